The van der Waals surface area contributed by atoms with Gasteiger partial charge in [0.25, 0.3) is 0 Å². The molecule has 0 aliphatic carbocycles. The molecular weight excluding hydrogens is 343 g/mol. The van der Waals surface area contributed by atoms with Crippen molar-refractivity contribution in [2.24, 2.45) is 0 Å². The second kappa shape index (κ2) is 5.85. The number of thiophene rings is 1. The number of carbonyl (C=O) groups is 1. The van der Waals surface area contributed by atoms with E-state index in [9.17, 15) is 13.2 Å². The summed E-state index contributed by atoms with van der Waals surface area (Å²) in [5, 5.41) is 4.21. The van der Waals surface area contributed by atoms with Crippen LogP contribution in [0.5, 0.6) is 0 Å². The molecule has 0 radical (unpaired) electrons. The molecule has 20 heavy (non-hydrogen) atoms. The van der Waals surface area contributed by atoms with Gasteiger partial charge < -0.3 is 0 Å². The average molecular weight is 353 g/mol. The largest absolute Gasteiger partial charge is 0.298 e. The van der Waals surface area contributed by atoms with E-state index >= 15 is 0 Å². The van der Waals surface area contributed by atoms with Crippen LogP contribution in [0.4, 0.5) is 0 Å². The third-order valence-electron chi connectivity index (χ3n) is 2.52. The highest BCUT2D eigenvalue weighted by Crippen LogP contribution is 2.38. The molecule has 0 saturated heterocycles. The van der Waals surface area contributed by atoms with Gasteiger partial charge in [-0.25, -0.2) is 8.42 Å². The van der Waals surface area contributed by atoms with Crippen molar-refractivity contribution >= 4 is 50.7 Å². The normalized spacial score (nSPS) is 11.8. The number of halogens is 2. The van der Waals surface area contributed by atoms with E-state index in [-0.39, 0.29) is 12.3 Å². The molecule has 5 nitrogen and oxygen atoms in total. The van der Waals surface area contributed by atoms with Crippen molar-refractivity contribution < 1.29 is 13.2 Å². The Labute approximate surface area is 130 Å². The maximum absolute atomic E-state index is 11.1. The maximum atomic E-state index is 11.1. The summed E-state index contributed by atoms with van der Waals surface area (Å²) in [6, 6.07) is 1.63. The summed E-state index contributed by atoms with van der Waals surface area (Å²) < 4.78 is 24.6. The molecule has 0 aromatic carbocycles. The van der Waals surface area contributed by atoms with E-state index in [1.54, 1.807) is 6.07 Å². The standard InChI is InChI=1S/C11H10Cl2N2O3S2/c1-20(17,18)3-2-15-5-7(6-16)10(14-15)8-4-9(12)19-11(8)13/h4-6H,2-3H2,1H3. The molecule has 0 N–H and O–H groups in total. The molecule has 108 valence electrons. The Bertz CT molecular complexity index is 750. The first-order chi connectivity index (χ1) is 9.30. The molecule has 0 atom stereocenters. The van der Waals surface area contributed by atoms with Gasteiger partial charge in [-0.1, -0.05) is 23.2 Å². The molecule has 0 fully saturated rings. The SMILES string of the molecule is CS(=O)(=O)CCn1cc(C=O)c(-c2cc(Cl)sc2Cl)n1. The zero-order chi connectivity index (χ0) is 14.9. The number of sulfone groups is 1. The van der Waals surface area contributed by atoms with Crippen LogP contribution in [0, 0.1) is 0 Å². The lowest BCUT2D eigenvalue weighted by molar-refractivity contribution is 0.112. The Morgan fingerprint density at radius 1 is 1.45 bits per heavy atom. The summed E-state index contributed by atoms with van der Waals surface area (Å²) in [7, 11) is -3.10. The monoisotopic (exact) mass is 352 g/mol. The van der Waals surface area contributed by atoms with E-state index in [1.807, 2.05) is 0 Å². The highest BCUT2D eigenvalue weighted by Gasteiger charge is 2.17. The van der Waals surface area contributed by atoms with Crippen molar-refractivity contribution in [3.05, 3.63) is 26.5 Å². The maximum Gasteiger partial charge on any atom is 0.153 e. The molecule has 0 amide bonds. The molecule has 0 unspecified atom stereocenters. The molecule has 2 aromatic rings. The smallest absolute Gasteiger partial charge is 0.153 e. The minimum Gasteiger partial charge on any atom is -0.298 e. The predicted molar refractivity (Wildman–Crippen MR) is 80.7 cm³/mol. The van der Waals surface area contributed by atoms with Gasteiger partial charge in [-0.2, -0.15) is 5.10 Å². The van der Waals surface area contributed by atoms with Gasteiger partial charge in [0.2, 0.25) is 0 Å². The first-order valence-corrected chi connectivity index (χ1v) is 9.09. The van der Waals surface area contributed by atoms with Gasteiger partial charge >= 0.3 is 0 Å². The van der Waals surface area contributed by atoms with Crippen molar-refractivity contribution in [1.82, 2.24) is 9.78 Å². The molecular formula is C11H10Cl2N2O3S2. The van der Waals surface area contributed by atoms with Gasteiger partial charge in [-0.05, 0) is 6.07 Å². The number of hydrogen-bond donors (Lipinski definition) is 0. The second-order valence-corrected chi connectivity index (χ2v) is 8.73. The third kappa shape index (κ3) is 3.60. The lowest BCUT2D eigenvalue weighted by Crippen LogP contribution is -2.11. The van der Waals surface area contributed by atoms with Gasteiger partial charge in [0.1, 0.15) is 19.9 Å². The van der Waals surface area contributed by atoms with Crippen LogP contribution in [0.3, 0.4) is 0 Å². The molecule has 0 aliphatic heterocycles. The van der Waals surface area contributed by atoms with E-state index < -0.39 is 9.84 Å². The first-order valence-electron chi connectivity index (χ1n) is 5.45. The molecule has 2 rings (SSSR count). The van der Waals surface area contributed by atoms with Crippen LogP contribution >= 0.6 is 34.5 Å². The minimum atomic E-state index is -3.10. The van der Waals surface area contributed by atoms with Crippen LogP contribution in [-0.2, 0) is 16.4 Å². The van der Waals surface area contributed by atoms with Gasteiger partial charge in [-0.15, -0.1) is 11.3 Å². The Morgan fingerprint density at radius 2 is 2.15 bits per heavy atom. The van der Waals surface area contributed by atoms with E-state index in [0.717, 1.165) is 6.26 Å². The van der Waals surface area contributed by atoms with Gasteiger partial charge in [0.05, 0.1) is 22.2 Å². The number of carbonyl (C=O) groups excluding carboxylic acids is 1. The van der Waals surface area contributed by atoms with Crippen molar-refractivity contribution in [3.8, 4) is 11.3 Å². The molecule has 0 aliphatic rings. The number of rotatable bonds is 5. The van der Waals surface area contributed by atoms with E-state index in [4.69, 9.17) is 23.2 Å². The summed E-state index contributed by atoms with van der Waals surface area (Å²) in [5.41, 5.74) is 1.32. The molecule has 0 spiro atoms. The van der Waals surface area contributed by atoms with Crippen LogP contribution in [0.2, 0.25) is 8.67 Å². The molecule has 2 aromatic heterocycles. The van der Waals surface area contributed by atoms with Crippen LogP contribution in [0.15, 0.2) is 12.3 Å². The molecule has 0 saturated carbocycles. The van der Waals surface area contributed by atoms with E-state index in [0.29, 0.717) is 31.8 Å². The lowest BCUT2D eigenvalue weighted by Gasteiger charge is -1.99. The fourth-order valence-corrected chi connectivity index (χ4v) is 3.59. The van der Waals surface area contributed by atoms with Crippen molar-refractivity contribution in [2.75, 3.05) is 12.0 Å². The predicted octanol–water partition coefficient (Wildman–Crippen LogP) is 2.78. The summed E-state index contributed by atoms with van der Waals surface area (Å²) in [4.78, 5) is 11.1. The summed E-state index contributed by atoms with van der Waals surface area (Å²) in [6.45, 7) is 0.176. The number of aldehydes is 1. The highest BCUT2D eigenvalue weighted by atomic mass is 35.5. The number of nitrogens with zero attached hydrogens (tertiary/aromatic N) is 2. The Morgan fingerprint density at radius 3 is 2.65 bits per heavy atom. The van der Waals surface area contributed by atoms with E-state index in [1.165, 1.54) is 22.2 Å². The van der Waals surface area contributed by atoms with Crippen molar-refractivity contribution in [1.29, 1.82) is 0 Å². The number of aromatic nitrogens is 2. The molecule has 9 heteroatoms. The van der Waals surface area contributed by atoms with Crippen LogP contribution in [0.1, 0.15) is 10.4 Å². The fraction of sp³-hybridized carbons (Fsp3) is 0.273. The zero-order valence-corrected chi connectivity index (χ0v) is 13.5. The van der Waals surface area contributed by atoms with Crippen LogP contribution in [-0.4, -0.2) is 36.5 Å². The Balaban J connectivity index is 2.37. The van der Waals surface area contributed by atoms with Gasteiger partial charge in [-0.3, -0.25) is 9.48 Å². The fourth-order valence-electron chi connectivity index (χ4n) is 1.61. The van der Waals surface area contributed by atoms with E-state index in [2.05, 4.69) is 5.10 Å². The van der Waals surface area contributed by atoms with Crippen LogP contribution in [0.25, 0.3) is 11.3 Å². The van der Waals surface area contributed by atoms with Crippen molar-refractivity contribution in [2.45, 2.75) is 6.54 Å². The zero-order valence-electron chi connectivity index (χ0n) is 10.3. The minimum absolute atomic E-state index is 0.0510. The molecule has 0 bridgehead atoms. The third-order valence-corrected chi connectivity index (χ3v) is 4.93. The quantitative estimate of drug-likeness (QED) is 0.775. The van der Waals surface area contributed by atoms with Gasteiger partial charge in [0, 0.05) is 18.0 Å². The van der Waals surface area contributed by atoms with Crippen LogP contribution < -0.4 is 0 Å². The topological polar surface area (TPSA) is 69.0 Å². The number of aryl methyl sites for hydroxylation is 1. The summed E-state index contributed by atoms with van der Waals surface area (Å²) in [5.74, 6) is -0.0510. The summed E-state index contributed by atoms with van der Waals surface area (Å²) in [6.07, 6.45) is 3.30. The Hall–Kier alpha value is -0.890. The van der Waals surface area contributed by atoms with Crippen molar-refractivity contribution in [3.63, 3.8) is 0 Å². The Kier molecular flexibility index (Phi) is 4.53. The van der Waals surface area contributed by atoms with Gasteiger partial charge in [0.15, 0.2) is 6.29 Å². The highest BCUT2D eigenvalue weighted by molar-refractivity contribution is 7.90. The summed E-state index contributed by atoms with van der Waals surface area (Å²) >= 11 is 13.1. The number of hydrogen-bond acceptors (Lipinski definition) is 5. The first kappa shape index (κ1) is 15.5. The second-order valence-electron chi connectivity index (χ2n) is 4.18. The average Bonchev–Trinajstić information content (AvgIpc) is 2.88. The lowest BCUT2D eigenvalue weighted by atomic mass is 10.2. The molecule has 2 heterocycles.